The lowest BCUT2D eigenvalue weighted by Gasteiger charge is -2.24. The molecule has 0 aromatic heterocycles. The fraction of sp³-hybridized carbons (Fsp3) is 0.278. The number of nitrogens with one attached hydrogen (secondary N) is 1. The van der Waals surface area contributed by atoms with Crippen molar-refractivity contribution in [3.63, 3.8) is 0 Å². The van der Waals surface area contributed by atoms with Crippen molar-refractivity contribution in [2.24, 2.45) is 0 Å². The minimum Gasteiger partial charge on any atom is -0.454 e. The molecular formula is C18H18ClNO3. The average molecular weight is 332 g/mol. The van der Waals surface area contributed by atoms with Crippen LogP contribution in [0.5, 0.6) is 11.5 Å². The predicted molar refractivity (Wildman–Crippen MR) is 88.9 cm³/mol. The first-order chi connectivity index (χ1) is 11.0. The highest BCUT2D eigenvalue weighted by Gasteiger charge is 2.31. The molecule has 0 bridgehead atoms. The summed E-state index contributed by atoms with van der Waals surface area (Å²) >= 11 is 5.86. The van der Waals surface area contributed by atoms with Crippen molar-refractivity contribution in [3.8, 4) is 11.5 Å². The number of fused-ring (bicyclic) bond motifs is 1. The second kappa shape index (κ2) is 6.13. The third kappa shape index (κ3) is 3.27. The van der Waals surface area contributed by atoms with Crippen molar-refractivity contribution in [2.45, 2.75) is 25.8 Å². The summed E-state index contributed by atoms with van der Waals surface area (Å²) in [5.41, 5.74) is 1.22. The molecule has 1 heterocycles. The largest absolute Gasteiger partial charge is 0.454 e. The van der Waals surface area contributed by atoms with Crippen LogP contribution in [-0.2, 0) is 16.8 Å². The molecule has 23 heavy (non-hydrogen) atoms. The Morgan fingerprint density at radius 1 is 1.13 bits per heavy atom. The number of benzene rings is 2. The lowest BCUT2D eigenvalue weighted by Crippen LogP contribution is -2.39. The number of halogens is 1. The normalized spacial score (nSPS) is 13.0. The monoisotopic (exact) mass is 331 g/mol. The molecule has 1 aliphatic heterocycles. The van der Waals surface area contributed by atoms with E-state index in [0.717, 1.165) is 11.1 Å². The zero-order valence-electron chi connectivity index (χ0n) is 13.1. The van der Waals surface area contributed by atoms with Gasteiger partial charge in [-0.05, 0) is 49.2 Å². The Balaban J connectivity index is 1.71. The molecule has 0 fully saturated rings. The standard InChI is InChI=1S/C18H18ClNO3/c1-18(2,13-5-8-15-16(9-13)23-11-22-15)17(21)20-10-12-3-6-14(19)7-4-12/h3-9H,10-11H2,1-2H3,(H,20,21). The van der Waals surface area contributed by atoms with Gasteiger partial charge in [0.1, 0.15) is 0 Å². The van der Waals surface area contributed by atoms with Gasteiger partial charge < -0.3 is 14.8 Å². The van der Waals surface area contributed by atoms with E-state index in [1.807, 2.05) is 56.3 Å². The molecule has 2 aromatic rings. The topological polar surface area (TPSA) is 47.6 Å². The SMILES string of the molecule is CC(C)(C(=O)NCc1ccc(Cl)cc1)c1ccc2c(c1)OCO2. The van der Waals surface area contributed by atoms with Crippen LogP contribution in [0.4, 0.5) is 0 Å². The highest BCUT2D eigenvalue weighted by Crippen LogP contribution is 2.36. The van der Waals surface area contributed by atoms with Gasteiger partial charge in [0.15, 0.2) is 11.5 Å². The van der Waals surface area contributed by atoms with Crippen molar-refractivity contribution < 1.29 is 14.3 Å². The van der Waals surface area contributed by atoms with Gasteiger partial charge in [-0.3, -0.25) is 4.79 Å². The summed E-state index contributed by atoms with van der Waals surface area (Å²) in [6.07, 6.45) is 0. The molecule has 3 rings (SSSR count). The Bertz CT molecular complexity index is 726. The fourth-order valence-corrected chi connectivity index (χ4v) is 2.55. The minimum atomic E-state index is -0.673. The minimum absolute atomic E-state index is 0.0497. The van der Waals surface area contributed by atoms with Crippen LogP contribution in [0.2, 0.25) is 5.02 Å². The zero-order chi connectivity index (χ0) is 16.4. The summed E-state index contributed by atoms with van der Waals surface area (Å²) in [4.78, 5) is 12.6. The maximum Gasteiger partial charge on any atom is 0.231 e. The second-order valence-electron chi connectivity index (χ2n) is 6.00. The number of amides is 1. The van der Waals surface area contributed by atoms with Gasteiger partial charge in [-0.2, -0.15) is 0 Å². The van der Waals surface area contributed by atoms with Crippen molar-refractivity contribution in [1.29, 1.82) is 0 Å². The lowest BCUT2D eigenvalue weighted by molar-refractivity contribution is -0.125. The number of carbonyl (C=O) groups is 1. The van der Waals surface area contributed by atoms with Crippen molar-refractivity contribution >= 4 is 17.5 Å². The predicted octanol–water partition coefficient (Wildman–Crippen LogP) is 3.66. The van der Waals surface area contributed by atoms with Gasteiger partial charge >= 0.3 is 0 Å². The fourth-order valence-electron chi connectivity index (χ4n) is 2.42. The first-order valence-corrected chi connectivity index (χ1v) is 7.77. The number of rotatable bonds is 4. The summed E-state index contributed by atoms with van der Waals surface area (Å²) < 4.78 is 10.7. The Kier molecular flexibility index (Phi) is 4.18. The molecule has 1 amide bonds. The van der Waals surface area contributed by atoms with Crippen LogP contribution in [0.25, 0.3) is 0 Å². The van der Waals surface area contributed by atoms with E-state index in [-0.39, 0.29) is 12.7 Å². The second-order valence-corrected chi connectivity index (χ2v) is 6.44. The molecule has 0 atom stereocenters. The van der Waals surface area contributed by atoms with E-state index >= 15 is 0 Å². The maximum atomic E-state index is 12.6. The highest BCUT2D eigenvalue weighted by atomic mass is 35.5. The summed E-state index contributed by atoms with van der Waals surface area (Å²) in [5, 5.41) is 3.65. The molecule has 0 aliphatic carbocycles. The van der Waals surface area contributed by atoms with Gasteiger partial charge in [0.05, 0.1) is 5.41 Å². The van der Waals surface area contributed by atoms with Gasteiger partial charge in [0.25, 0.3) is 0 Å². The molecule has 5 heteroatoms. The molecule has 4 nitrogen and oxygen atoms in total. The van der Waals surface area contributed by atoms with Crippen molar-refractivity contribution in [1.82, 2.24) is 5.32 Å². The number of carbonyl (C=O) groups excluding carboxylic acids is 1. The molecule has 0 radical (unpaired) electrons. The van der Waals surface area contributed by atoms with Crippen LogP contribution in [0.3, 0.4) is 0 Å². The maximum absolute atomic E-state index is 12.6. The van der Waals surface area contributed by atoms with E-state index in [4.69, 9.17) is 21.1 Å². The van der Waals surface area contributed by atoms with E-state index in [0.29, 0.717) is 23.1 Å². The van der Waals surface area contributed by atoms with Crippen LogP contribution in [0.1, 0.15) is 25.0 Å². The van der Waals surface area contributed by atoms with Crippen LogP contribution in [-0.4, -0.2) is 12.7 Å². The first kappa shape index (κ1) is 15.7. The first-order valence-electron chi connectivity index (χ1n) is 7.40. The Morgan fingerprint density at radius 3 is 2.57 bits per heavy atom. The Morgan fingerprint density at radius 2 is 1.83 bits per heavy atom. The van der Waals surface area contributed by atoms with E-state index < -0.39 is 5.41 Å². The van der Waals surface area contributed by atoms with Crippen LogP contribution < -0.4 is 14.8 Å². The Labute approximate surface area is 140 Å². The van der Waals surface area contributed by atoms with Gasteiger partial charge in [0.2, 0.25) is 12.7 Å². The Hall–Kier alpha value is -2.20. The van der Waals surface area contributed by atoms with E-state index in [1.54, 1.807) is 0 Å². The van der Waals surface area contributed by atoms with Gasteiger partial charge in [-0.1, -0.05) is 29.8 Å². The van der Waals surface area contributed by atoms with E-state index in [2.05, 4.69) is 5.32 Å². The third-order valence-corrected chi connectivity index (χ3v) is 4.28. The molecule has 0 saturated heterocycles. The molecular weight excluding hydrogens is 314 g/mol. The van der Waals surface area contributed by atoms with Crippen molar-refractivity contribution in [2.75, 3.05) is 6.79 Å². The number of hydrogen-bond acceptors (Lipinski definition) is 3. The lowest BCUT2D eigenvalue weighted by atomic mass is 9.83. The number of ether oxygens (including phenoxy) is 2. The summed E-state index contributed by atoms with van der Waals surface area (Å²) in [7, 11) is 0. The number of hydrogen-bond donors (Lipinski definition) is 1. The molecule has 0 unspecified atom stereocenters. The summed E-state index contributed by atoms with van der Waals surface area (Å²) in [6, 6.07) is 13.0. The van der Waals surface area contributed by atoms with E-state index in [1.165, 1.54) is 0 Å². The van der Waals surface area contributed by atoms with Gasteiger partial charge in [0, 0.05) is 11.6 Å². The summed E-state index contributed by atoms with van der Waals surface area (Å²) in [5.74, 6) is 1.35. The molecule has 1 N–H and O–H groups in total. The van der Waals surface area contributed by atoms with Crippen LogP contribution in [0.15, 0.2) is 42.5 Å². The highest BCUT2D eigenvalue weighted by molar-refractivity contribution is 6.30. The quantitative estimate of drug-likeness (QED) is 0.930. The molecule has 1 aliphatic rings. The molecule has 0 spiro atoms. The smallest absolute Gasteiger partial charge is 0.231 e. The molecule has 120 valence electrons. The van der Waals surface area contributed by atoms with Crippen LogP contribution in [0, 0.1) is 0 Å². The molecule has 0 saturated carbocycles. The average Bonchev–Trinajstić information content (AvgIpc) is 3.01. The van der Waals surface area contributed by atoms with E-state index in [9.17, 15) is 4.79 Å². The summed E-state index contributed by atoms with van der Waals surface area (Å²) in [6.45, 7) is 4.47. The molecule has 2 aromatic carbocycles. The van der Waals surface area contributed by atoms with Gasteiger partial charge in [-0.25, -0.2) is 0 Å². The van der Waals surface area contributed by atoms with Crippen LogP contribution >= 0.6 is 11.6 Å². The van der Waals surface area contributed by atoms with Crippen molar-refractivity contribution in [3.05, 3.63) is 58.6 Å². The van der Waals surface area contributed by atoms with Gasteiger partial charge in [-0.15, -0.1) is 0 Å². The zero-order valence-corrected chi connectivity index (χ0v) is 13.8. The third-order valence-electron chi connectivity index (χ3n) is 4.03.